The van der Waals surface area contributed by atoms with Gasteiger partial charge >= 0.3 is 0 Å². The molecular formula is C28H27N3O. The highest BCUT2D eigenvalue weighted by molar-refractivity contribution is 6.03. The van der Waals surface area contributed by atoms with Crippen LogP contribution in [-0.4, -0.2) is 19.7 Å². The molecule has 5 rings (SSSR count). The molecule has 0 N–H and O–H groups in total. The number of rotatable bonds is 7. The summed E-state index contributed by atoms with van der Waals surface area (Å²) in [6, 6.07) is 27.0. The number of unbranched alkanes of at least 4 members (excludes halogenated alkanes) is 1. The summed E-state index contributed by atoms with van der Waals surface area (Å²) >= 11 is 0. The fourth-order valence-corrected chi connectivity index (χ4v) is 4.42. The molecule has 0 saturated carbocycles. The molecule has 0 aliphatic rings. The van der Waals surface area contributed by atoms with Crippen LogP contribution in [0.2, 0.25) is 0 Å². The van der Waals surface area contributed by atoms with Crippen molar-refractivity contribution in [2.45, 2.75) is 39.7 Å². The number of aromatic nitrogens is 3. The van der Waals surface area contributed by atoms with Crippen molar-refractivity contribution in [1.29, 1.82) is 0 Å². The lowest BCUT2D eigenvalue weighted by molar-refractivity contribution is 0.0983. The van der Waals surface area contributed by atoms with Gasteiger partial charge in [-0.25, -0.2) is 4.98 Å². The van der Waals surface area contributed by atoms with Crippen LogP contribution in [0.3, 0.4) is 0 Å². The van der Waals surface area contributed by atoms with E-state index >= 15 is 0 Å². The summed E-state index contributed by atoms with van der Waals surface area (Å²) in [5.41, 5.74) is 6.91. The van der Waals surface area contributed by atoms with Gasteiger partial charge in [0, 0.05) is 18.5 Å². The van der Waals surface area contributed by atoms with E-state index < -0.39 is 0 Å². The minimum Gasteiger partial charge on any atom is -0.310 e. The molecule has 0 fully saturated rings. The molecule has 4 nitrogen and oxygen atoms in total. The van der Waals surface area contributed by atoms with Gasteiger partial charge in [0.25, 0.3) is 0 Å². The predicted octanol–water partition coefficient (Wildman–Crippen LogP) is 7.02. The standard InChI is InChI=1S/C28H27N3O/c1-3-5-19-30-23-13-9-10-14-24(23)31-27(25(32)4-2)26(29-28(30)31)22-17-15-21(16-18-22)20-11-7-6-8-12-20/h6-18H,3-5,19H2,1-2H3. The second-order valence-electron chi connectivity index (χ2n) is 8.16. The van der Waals surface area contributed by atoms with Crippen LogP contribution in [0.25, 0.3) is 39.2 Å². The number of benzene rings is 3. The van der Waals surface area contributed by atoms with E-state index in [-0.39, 0.29) is 5.78 Å². The molecule has 0 unspecified atom stereocenters. The number of aryl methyl sites for hydroxylation is 1. The Labute approximate surface area is 188 Å². The Hall–Kier alpha value is -3.66. The highest BCUT2D eigenvalue weighted by Gasteiger charge is 2.24. The number of hydrogen-bond acceptors (Lipinski definition) is 2. The zero-order valence-corrected chi connectivity index (χ0v) is 18.6. The average Bonchev–Trinajstić information content (AvgIpc) is 3.38. The first-order valence-electron chi connectivity index (χ1n) is 11.4. The molecule has 0 aliphatic carbocycles. The van der Waals surface area contributed by atoms with Crippen LogP contribution < -0.4 is 0 Å². The van der Waals surface area contributed by atoms with Crippen molar-refractivity contribution in [2.24, 2.45) is 0 Å². The van der Waals surface area contributed by atoms with Crippen LogP contribution >= 0.6 is 0 Å². The quantitative estimate of drug-likeness (QED) is 0.265. The number of imidazole rings is 2. The lowest BCUT2D eigenvalue weighted by atomic mass is 10.0. The second kappa shape index (κ2) is 8.46. The van der Waals surface area contributed by atoms with Crippen molar-refractivity contribution < 1.29 is 4.79 Å². The maximum Gasteiger partial charge on any atom is 0.216 e. The number of Topliss-reactive ketones (excluding diaryl/α,β-unsaturated/α-hetero) is 1. The summed E-state index contributed by atoms with van der Waals surface area (Å²) in [4.78, 5) is 18.2. The van der Waals surface area contributed by atoms with E-state index in [0.717, 1.165) is 53.0 Å². The van der Waals surface area contributed by atoms with Gasteiger partial charge in [-0.1, -0.05) is 87.0 Å². The third kappa shape index (κ3) is 3.32. The molecule has 0 amide bonds. The minimum atomic E-state index is 0.109. The van der Waals surface area contributed by atoms with Gasteiger partial charge in [0.05, 0.1) is 11.0 Å². The van der Waals surface area contributed by atoms with Crippen molar-refractivity contribution >= 4 is 22.6 Å². The van der Waals surface area contributed by atoms with Gasteiger partial charge in [-0.15, -0.1) is 0 Å². The highest BCUT2D eigenvalue weighted by atomic mass is 16.1. The molecule has 0 bridgehead atoms. The summed E-state index contributed by atoms with van der Waals surface area (Å²) in [5.74, 6) is 0.955. The number of carbonyl (C=O) groups excluding carboxylic acids is 1. The van der Waals surface area contributed by atoms with Gasteiger partial charge in [0.15, 0.2) is 5.78 Å². The number of nitrogens with zero attached hydrogens (tertiary/aromatic N) is 3. The smallest absolute Gasteiger partial charge is 0.216 e. The summed E-state index contributed by atoms with van der Waals surface area (Å²) in [6.07, 6.45) is 2.62. The Morgan fingerprint density at radius 1 is 0.781 bits per heavy atom. The minimum absolute atomic E-state index is 0.109. The van der Waals surface area contributed by atoms with Crippen molar-refractivity contribution in [3.05, 3.63) is 84.6 Å². The maximum atomic E-state index is 13.2. The topological polar surface area (TPSA) is 39.3 Å². The normalized spacial score (nSPS) is 11.4. The first-order chi connectivity index (χ1) is 15.7. The molecule has 32 heavy (non-hydrogen) atoms. The Kier molecular flexibility index (Phi) is 5.36. The lowest BCUT2D eigenvalue weighted by Gasteiger charge is -2.06. The van der Waals surface area contributed by atoms with Gasteiger partial charge in [0.2, 0.25) is 5.78 Å². The average molecular weight is 422 g/mol. The number of ketones is 1. The zero-order chi connectivity index (χ0) is 22.1. The van der Waals surface area contributed by atoms with E-state index in [4.69, 9.17) is 4.98 Å². The monoisotopic (exact) mass is 421 g/mol. The van der Waals surface area contributed by atoms with Crippen molar-refractivity contribution in [2.75, 3.05) is 0 Å². The molecule has 3 aromatic carbocycles. The Morgan fingerprint density at radius 2 is 1.41 bits per heavy atom. The summed E-state index contributed by atoms with van der Waals surface area (Å²) in [5, 5.41) is 0. The third-order valence-corrected chi connectivity index (χ3v) is 6.10. The maximum absolute atomic E-state index is 13.2. The molecule has 160 valence electrons. The van der Waals surface area contributed by atoms with Crippen molar-refractivity contribution in [3.8, 4) is 22.4 Å². The molecule has 0 saturated heterocycles. The fourth-order valence-electron chi connectivity index (χ4n) is 4.42. The summed E-state index contributed by atoms with van der Waals surface area (Å²) in [7, 11) is 0. The molecule has 4 heteroatoms. The van der Waals surface area contributed by atoms with Gasteiger partial charge in [0.1, 0.15) is 11.4 Å². The van der Waals surface area contributed by atoms with E-state index in [1.807, 2.05) is 31.2 Å². The molecule has 2 heterocycles. The summed E-state index contributed by atoms with van der Waals surface area (Å²) < 4.78 is 4.32. The fraction of sp³-hybridized carbons (Fsp3) is 0.214. The van der Waals surface area contributed by atoms with Gasteiger partial charge in [-0.3, -0.25) is 9.20 Å². The van der Waals surface area contributed by atoms with Crippen LogP contribution in [-0.2, 0) is 6.54 Å². The van der Waals surface area contributed by atoms with E-state index in [1.54, 1.807) is 0 Å². The van der Waals surface area contributed by atoms with Crippen LogP contribution in [0.4, 0.5) is 0 Å². The SMILES string of the molecule is CCCCn1c2ccccc2n2c(C(=O)CC)c(-c3ccc(-c4ccccc4)cc3)nc12. The second-order valence-corrected chi connectivity index (χ2v) is 8.16. The van der Waals surface area contributed by atoms with E-state index in [1.165, 1.54) is 5.56 Å². The number of fused-ring (bicyclic) bond motifs is 3. The van der Waals surface area contributed by atoms with Crippen LogP contribution in [0.1, 0.15) is 43.6 Å². The largest absolute Gasteiger partial charge is 0.310 e. The van der Waals surface area contributed by atoms with E-state index in [2.05, 4.69) is 70.5 Å². The van der Waals surface area contributed by atoms with Gasteiger partial charge < -0.3 is 4.57 Å². The van der Waals surface area contributed by atoms with Crippen LogP contribution in [0.15, 0.2) is 78.9 Å². The Bertz CT molecular complexity index is 1390. The Balaban J connectivity index is 1.72. The predicted molar refractivity (Wildman–Crippen MR) is 131 cm³/mol. The van der Waals surface area contributed by atoms with E-state index in [0.29, 0.717) is 12.1 Å². The first-order valence-corrected chi connectivity index (χ1v) is 11.4. The van der Waals surface area contributed by atoms with Gasteiger partial charge in [-0.05, 0) is 29.7 Å². The van der Waals surface area contributed by atoms with Crippen molar-refractivity contribution in [3.63, 3.8) is 0 Å². The molecule has 5 aromatic rings. The third-order valence-electron chi connectivity index (χ3n) is 6.10. The number of hydrogen-bond donors (Lipinski definition) is 0. The number of para-hydroxylation sites is 2. The number of carbonyl (C=O) groups is 1. The molecule has 0 spiro atoms. The molecule has 0 radical (unpaired) electrons. The molecular weight excluding hydrogens is 394 g/mol. The molecule has 0 aliphatic heterocycles. The van der Waals surface area contributed by atoms with Crippen LogP contribution in [0.5, 0.6) is 0 Å². The molecule has 2 aromatic heterocycles. The summed E-state index contributed by atoms with van der Waals surface area (Å²) in [6.45, 7) is 5.00. The van der Waals surface area contributed by atoms with Crippen molar-refractivity contribution in [1.82, 2.24) is 14.0 Å². The Morgan fingerprint density at radius 3 is 2.09 bits per heavy atom. The zero-order valence-electron chi connectivity index (χ0n) is 18.6. The molecule has 0 atom stereocenters. The van der Waals surface area contributed by atoms with Gasteiger partial charge in [-0.2, -0.15) is 0 Å². The highest BCUT2D eigenvalue weighted by Crippen LogP contribution is 2.32. The van der Waals surface area contributed by atoms with Crippen LogP contribution in [0, 0.1) is 0 Å². The first kappa shape index (κ1) is 20.3. The van der Waals surface area contributed by atoms with E-state index in [9.17, 15) is 4.79 Å². The lowest BCUT2D eigenvalue weighted by Crippen LogP contribution is -2.03.